The van der Waals surface area contributed by atoms with Crippen LogP contribution in [0.15, 0.2) is 82.8 Å². The second-order valence-corrected chi connectivity index (χ2v) is 9.26. The van der Waals surface area contributed by atoms with Gasteiger partial charge in [0, 0.05) is 40.9 Å². The average Bonchev–Trinajstić information content (AvgIpc) is 3.46. The molecule has 0 aliphatic carbocycles. The van der Waals surface area contributed by atoms with Gasteiger partial charge in [0.25, 0.3) is 0 Å². The van der Waals surface area contributed by atoms with Crippen molar-refractivity contribution in [2.75, 3.05) is 19.1 Å². The predicted octanol–water partition coefficient (Wildman–Crippen LogP) is 5.36. The van der Waals surface area contributed by atoms with Gasteiger partial charge in [-0.15, -0.1) is 11.8 Å². The largest absolute Gasteiger partial charge is 0.497 e. The molecule has 2 heterocycles. The molecular formula is C27H23N3O4S. The zero-order valence-corrected chi connectivity index (χ0v) is 20.0. The van der Waals surface area contributed by atoms with E-state index >= 15 is 0 Å². The van der Waals surface area contributed by atoms with E-state index in [4.69, 9.17) is 9.47 Å². The molecule has 7 nitrogen and oxygen atoms in total. The number of H-pyrrole nitrogens is 1. The van der Waals surface area contributed by atoms with Crippen LogP contribution in [0.2, 0.25) is 0 Å². The number of benzene rings is 3. The fraction of sp³-hybridized carbons (Fsp3) is 0.148. The highest BCUT2D eigenvalue weighted by Crippen LogP contribution is 2.35. The maximum atomic E-state index is 13.1. The van der Waals surface area contributed by atoms with Crippen LogP contribution in [0.3, 0.4) is 0 Å². The number of aliphatic imine (C=N–C) groups is 1. The number of imide groups is 1. The number of methoxy groups -OCH3 is 2. The van der Waals surface area contributed by atoms with Crippen LogP contribution in [0.25, 0.3) is 10.9 Å². The molecule has 35 heavy (non-hydrogen) atoms. The Morgan fingerprint density at radius 1 is 1.00 bits per heavy atom. The molecule has 0 bridgehead atoms. The Morgan fingerprint density at radius 3 is 2.60 bits per heavy atom. The molecule has 1 aliphatic heterocycles. The molecule has 1 N–H and O–H groups in total. The third kappa shape index (κ3) is 4.65. The van der Waals surface area contributed by atoms with Crippen LogP contribution < -0.4 is 14.4 Å². The van der Waals surface area contributed by atoms with Gasteiger partial charge in [0.2, 0.25) is 11.8 Å². The fourth-order valence-electron chi connectivity index (χ4n) is 3.99. The molecule has 3 aromatic carbocycles. The summed E-state index contributed by atoms with van der Waals surface area (Å²) in [4.78, 5) is 35.6. The Hall–Kier alpha value is -4.04. The van der Waals surface area contributed by atoms with Gasteiger partial charge in [-0.3, -0.25) is 14.6 Å². The zero-order chi connectivity index (χ0) is 24.4. The van der Waals surface area contributed by atoms with Crippen LogP contribution in [-0.4, -0.2) is 42.5 Å². The summed E-state index contributed by atoms with van der Waals surface area (Å²) < 4.78 is 10.6. The van der Waals surface area contributed by atoms with E-state index in [0.29, 0.717) is 17.2 Å². The molecule has 1 aliphatic rings. The maximum absolute atomic E-state index is 13.1. The number of amides is 2. The molecule has 1 saturated heterocycles. The van der Waals surface area contributed by atoms with Gasteiger partial charge in [0.05, 0.1) is 30.8 Å². The summed E-state index contributed by atoms with van der Waals surface area (Å²) >= 11 is 1.39. The van der Waals surface area contributed by atoms with Crippen LogP contribution in [0, 0.1) is 0 Å². The first-order valence-corrected chi connectivity index (χ1v) is 11.9. The Labute approximate surface area is 206 Å². The molecule has 1 atom stereocenters. The van der Waals surface area contributed by atoms with Crippen molar-refractivity contribution in [2.45, 2.75) is 16.6 Å². The number of nitrogens with one attached hydrogen (secondary N) is 1. The molecular weight excluding hydrogens is 462 g/mol. The Kier molecular flexibility index (Phi) is 6.29. The molecule has 5 rings (SSSR count). The second-order valence-electron chi connectivity index (χ2n) is 7.99. The SMILES string of the molecule is COc1ccc(C=Nc2ccc(SC3CC(=O)N(c4ccc5cc[nH]c5c4)C3=O)cc2)c(OC)c1. The molecule has 176 valence electrons. The van der Waals surface area contributed by atoms with Gasteiger partial charge in [-0.1, -0.05) is 6.07 Å². The molecule has 2 amide bonds. The van der Waals surface area contributed by atoms with Gasteiger partial charge in [-0.2, -0.15) is 0 Å². The minimum absolute atomic E-state index is 0.170. The topological polar surface area (TPSA) is 84.0 Å². The van der Waals surface area contributed by atoms with Crippen LogP contribution in [0.4, 0.5) is 11.4 Å². The predicted molar refractivity (Wildman–Crippen MR) is 138 cm³/mol. The molecule has 0 spiro atoms. The lowest BCUT2D eigenvalue weighted by molar-refractivity contribution is -0.121. The van der Waals surface area contributed by atoms with E-state index in [0.717, 1.165) is 27.0 Å². The summed E-state index contributed by atoms with van der Waals surface area (Å²) in [6.45, 7) is 0. The smallest absolute Gasteiger partial charge is 0.247 e. The van der Waals surface area contributed by atoms with E-state index in [1.54, 1.807) is 26.5 Å². The summed E-state index contributed by atoms with van der Waals surface area (Å²) in [5.74, 6) is 1.00. The van der Waals surface area contributed by atoms with Crippen molar-refractivity contribution in [3.63, 3.8) is 0 Å². The Morgan fingerprint density at radius 2 is 1.83 bits per heavy atom. The number of ether oxygens (including phenoxy) is 2. The number of hydrogen-bond acceptors (Lipinski definition) is 6. The molecule has 1 unspecified atom stereocenters. The number of rotatable bonds is 7. The van der Waals surface area contributed by atoms with E-state index < -0.39 is 5.25 Å². The highest BCUT2D eigenvalue weighted by molar-refractivity contribution is 8.00. The lowest BCUT2D eigenvalue weighted by atomic mass is 10.2. The van der Waals surface area contributed by atoms with Crippen molar-refractivity contribution in [1.29, 1.82) is 0 Å². The van der Waals surface area contributed by atoms with Crippen molar-refractivity contribution in [3.05, 3.63) is 78.5 Å². The van der Waals surface area contributed by atoms with Gasteiger partial charge < -0.3 is 14.5 Å². The number of hydrogen-bond donors (Lipinski definition) is 1. The maximum Gasteiger partial charge on any atom is 0.247 e. The zero-order valence-electron chi connectivity index (χ0n) is 19.2. The molecule has 8 heteroatoms. The third-order valence-electron chi connectivity index (χ3n) is 5.81. The number of anilines is 1. The van der Waals surface area contributed by atoms with Crippen molar-refractivity contribution in [2.24, 2.45) is 4.99 Å². The second kappa shape index (κ2) is 9.68. The first-order valence-electron chi connectivity index (χ1n) is 11.0. The number of carbonyl (C=O) groups is 2. The van der Waals surface area contributed by atoms with E-state index in [1.807, 2.05) is 66.9 Å². The summed E-state index contributed by atoms with van der Waals surface area (Å²) in [5.41, 5.74) is 3.08. The van der Waals surface area contributed by atoms with Gasteiger partial charge in [-0.05, 0) is 60.0 Å². The van der Waals surface area contributed by atoms with Crippen molar-refractivity contribution >= 4 is 52.1 Å². The number of nitrogens with zero attached hydrogens (tertiary/aromatic N) is 2. The van der Waals surface area contributed by atoms with Crippen molar-refractivity contribution in [1.82, 2.24) is 4.98 Å². The van der Waals surface area contributed by atoms with Crippen molar-refractivity contribution in [3.8, 4) is 11.5 Å². The average molecular weight is 486 g/mol. The number of aromatic amines is 1. The highest BCUT2D eigenvalue weighted by Gasteiger charge is 2.40. The van der Waals surface area contributed by atoms with Gasteiger partial charge >= 0.3 is 0 Å². The normalized spacial score (nSPS) is 15.9. The summed E-state index contributed by atoms with van der Waals surface area (Å²) in [6, 6.07) is 20.6. The Balaban J connectivity index is 1.27. The monoisotopic (exact) mass is 485 g/mol. The van der Waals surface area contributed by atoms with Gasteiger partial charge in [-0.25, -0.2) is 4.90 Å². The van der Waals surface area contributed by atoms with Crippen LogP contribution in [-0.2, 0) is 9.59 Å². The molecule has 4 aromatic rings. The number of carbonyl (C=O) groups excluding carboxylic acids is 2. The summed E-state index contributed by atoms with van der Waals surface area (Å²) in [6.07, 6.45) is 3.74. The first kappa shape index (κ1) is 22.7. The van der Waals surface area contributed by atoms with Crippen LogP contribution in [0.1, 0.15) is 12.0 Å². The number of fused-ring (bicyclic) bond motifs is 1. The van der Waals surface area contributed by atoms with Crippen LogP contribution >= 0.6 is 11.8 Å². The third-order valence-corrected chi connectivity index (χ3v) is 7.01. The number of thioether (sulfide) groups is 1. The van der Waals surface area contributed by atoms with E-state index in [2.05, 4.69) is 9.98 Å². The lowest BCUT2D eigenvalue weighted by Crippen LogP contribution is -2.31. The fourth-order valence-corrected chi connectivity index (χ4v) is 5.04. The number of aromatic nitrogens is 1. The van der Waals surface area contributed by atoms with Crippen LogP contribution in [0.5, 0.6) is 11.5 Å². The first-order chi connectivity index (χ1) is 17.1. The van der Waals surface area contributed by atoms with Gasteiger partial charge in [0.15, 0.2) is 0 Å². The minimum Gasteiger partial charge on any atom is -0.497 e. The molecule has 1 aromatic heterocycles. The molecule has 1 fully saturated rings. The standard InChI is InChI=1S/C27H23N3O4S/c1-33-21-8-4-18(24(14-21)34-2)16-29-19-5-9-22(10-6-19)35-25-15-26(31)30(27(25)32)20-7-3-17-11-12-28-23(17)13-20/h3-14,16,25,28H,15H2,1-2H3. The molecule has 0 radical (unpaired) electrons. The van der Waals surface area contributed by atoms with E-state index in [9.17, 15) is 9.59 Å². The van der Waals surface area contributed by atoms with Crippen molar-refractivity contribution < 1.29 is 19.1 Å². The summed E-state index contributed by atoms with van der Waals surface area (Å²) in [7, 11) is 3.21. The highest BCUT2D eigenvalue weighted by atomic mass is 32.2. The minimum atomic E-state index is -0.459. The molecule has 0 saturated carbocycles. The summed E-state index contributed by atoms with van der Waals surface area (Å²) in [5, 5.41) is 0.576. The van der Waals surface area contributed by atoms with Gasteiger partial charge in [0.1, 0.15) is 11.5 Å². The quantitative estimate of drug-likeness (QED) is 0.281. The van der Waals surface area contributed by atoms with E-state index in [1.165, 1.54) is 16.7 Å². The lowest BCUT2D eigenvalue weighted by Gasteiger charge is -2.15. The van der Waals surface area contributed by atoms with E-state index in [-0.39, 0.29) is 18.2 Å². The Bertz CT molecular complexity index is 1430.